The summed E-state index contributed by atoms with van der Waals surface area (Å²) >= 11 is 0. The molecule has 0 heterocycles. The molecule has 0 spiro atoms. The van der Waals surface area contributed by atoms with E-state index in [-0.39, 0.29) is 12.5 Å². The van der Waals surface area contributed by atoms with E-state index in [9.17, 15) is 25.2 Å². The SMILES string of the molecule is CCCCCCCCCCCCN(C[C@H](O)[C@@H](O)[C@H](O)[C@H](O)CO)C(=O)CCCCCCCCC. The molecule has 0 unspecified atom stereocenters. The first-order valence-electron chi connectivity index (χ1n) is 14.5. The summed E-state index contributed by atoms with van der Waals surface area (Å²) < 4.78 is 0. The van der Waals surface area contributed by atoms with Crippen molar-refractivity contribution in [2.45, 2.75) is 154 Å². The van der Waals surface area contributed by atoms with Crippen LogP contribution in [0.3, 0.4) is 0 Å². The van der Waals surface area contributed by atoms with Gasteiger partial charge in [0.25, 0.3) is 0 Å². The number of aliphatic hydroxyl groups is 5. The second-order valence-electron chi connectivity index (χ2n) is 10.2. The van der Waals surface area contributed by atoms with E-state index in [0.29, 0.717) is 13.0 Å². The molecule has 4 atom stereocenters. The molecule has 0 fully saturated rings. The number of hydrogen-bond acceptors (Lipinski definition) is 6. The molecule has 35 heavy (non-hydrogen) atoms. The first kappa shape index (κ1) is 34.3. The Hall–Kier alpha value is -0.730. The van der Waals surface area contributed by atoms with Crippen molar-refractivity contribution in [3.8, 4) is 0 Å². The summed E-state index contributed by atoms with van der Waals surface area (Å²) in [5.41, 5.74) is 0. The predicted octanol–water partition coefficient (Wildman–Crippen LogP) is 4.31. The number of aliphatic hydroxyl groups excluding tert-OH is 5. The van der Waals surface area contributed by atoms with Crippen LogP contribution < -0.4 is 0 Å². The molecule has 7 nitrogen and oxygen atoms in total. The van der Waals surface area contributed by atoms with E-state index in [1.165, 1.54) is 70.6 Å². The van der Waals surface area contributed by atoms with Crippen LogP contribution in [0, 0.1) is 0 Å². The van der Waals surface area contributed by atoms with Crippen LogP contribution in [0.25, 0.3) is 0 Å². The van der Waals surface area contributed by atoms with Gasteiger partial charge in [-0.25, -0.2) is 0 Å². The highest BCUT2D eigenvalue weighted by molar-refractivity contribution is 5.76. The maximum absolute atomic E-state index is 12.9. The van der Waals surface area contributed by atoms with Crippen molar-refractivity contribution in [3.63, 3.8) is 0 Å². The van der Waals surface area contributed by atoms with Crippen molar-refractivity contribution in [1.82, 2.24) is 4.90 Å². The highest BCUT2D eigenvalue weighted by Gasteiger charge is 2.31. The van der Waals surface area contributed by atoms with Crippen molar-refractivity contribution >= 4 is 5.91 Å². The molecule has 0 saturated heterocycles. The van der Waals surface area contributed by atoms with Crippen LogP contribution >= 0.6 is 0 Å². The predicted molar refractivity (Wildman–Crippen MR) is 142 cm³/mol. The standard InChI is InChI=1S/C28H57NO6/c1-3-5-7-9-11-12-13-15-17-19-21-29(22-24(31)27(34)28(35)25(32)23-30)26(33)20-18-16-14-10-8-6-4-2/h24-25,27-28,30-32,34-35H,3-23H2,1-2H3/t24-,25+,27+,28+/m0/s1. The van der Waals surface area contributed by atoms with Crippen LogP contribution in [0.5, 0.6) is 0 Å². The largest absolute Gasteiger partial charge is 0.394 e. The lowest BCUT2D eigenvalue weighted by Gasteiger charge is -2.30. The van der Waals surface area contributed by atoms with Crippen LogP contribution in [0.15, 0.2) is 0 Å². The minimum absolute atomic E-state index is 0.0436. The fraction of sp³-hybridized carbons (Fsp3) is 0.964. The summed E-state index contributed by atoms with van der Waals surface area (Å²) in [5.74, 6) is -0.0436. The van der Waals surface area contributed by atoms with E-state index in [1.54, 1.807) is 4.90 Å². The van der Waals surface area contributed by atoms with Crippen molar-refractivity contribution in [3.05, 3.63) is 0 Å². The normalized spacial score (nSPS) is 15.1. The fourth-order valence-corrected chi connectivity index (χ4v) is 4.40. The molecule has 0 aromatic heterocycles. The lowest BCUT2D eigenvalue weighted by molar-refractivity contribution is -0.140. The Morgan fingerprint density at radius 3 is 1.46 bits per heavy atom. The minimum Gasteiger partial charge on any atom is -0.394 e. The van der Waals surface area contributed by atoms with Gasteiger partial charge < -0.3 is 30.4 Å². The molecule has 0 aliphatic heterocycles. The molecule has 0 saturated carbocycles. The number of hydrogen-bond donors (Lipinski definition) is 5. The smallest absolute Gasteiger partial charge is 0.222 e. The topological polar surface area (TPSA) is 121 Å². The van der Waals surface area contributed by atoms with Crippen LogP contribution in [-0.2, 0) is 4.79 Å². The zero-order valence-electron chi connectivity index (χ0n) is 22.8. The lowest BCUT2D eigenvalue weighted by Crippen LogP contribution is -2.50. The van der Waals surface area contributed by atoms with Gasteiger partial charge in [0.05, 0.1) is 6.61 Å². The Morgan fingerprint density at radius 2 is 1.00 bits per heavy atom. The fourth-order valence-electron chi connectivity index (χ4n) is 4.40. The molecule has 0 aromatic rings. The summed E-state index contributed by atoms with van der Waals surface area (Å²) in [6, 6.07) is 0. The second kappa shape index (κ2) is 23.7. The van der Waals surface area contributed by atoms with E-state index in [1.807, 2.05) is 0 Å². The van der Waals surface area contributed by atoms with Gasteiger partial charge in [0, 0.05) is 19.5 Å². The summed E-state index contributed by atoms with van der Waals surface area (Å²) in [6.45, 7) is 4.11. The molecule has 5 N–H and O–H groups in total. The molecule has 1 amide bonds. The third-order valence-corrected chi connectivity index (χ3v) is 6.86. The van der Waals surface area contributed by atoms with E-state index >= 15 is 0 Å². The summed E-state index contributed by atoms with van der Waals surface area (Å²) in [5, 5.41) is 49.0. The molecule has 0 bridgehead atoms. The third kappa shape index (κ3) is 18.2. The minimum atomic E-state index is -1.67. The Labute approximate surface area is 214 Å². The van der Waals surface area contributed by atoms with Crippen LogP contribution in [0.1, 0.15) is 129 Å². The number of unbranched alkanes of at least 4 members (excludes halogenated alkanes) is 15. The van der Waals surface area contributed by atoms with Crippen molar-refractivity contribution in [2.75, 3.05) is 19.7 Å². The Balaban J connectivity index is 4.50. The summed E-state index contributed by atoms with van der Waals surface area (Å²) in [4.78, 5) is 14.5. The number of nitrogens with zero attached hydrogens (tertiary/aromatic N) is 1. The van der Waals surface area contributed by atoms with Gasteiger partial charge in [0.2, 0.25) is 5.91 Å². The van der Waals surface area contributed by atoms with E-state index in [4.69, 9.17) is 5.11 Å². The first-order chi connectivity index (χ1) is 16.9. The molecule has 0 aliphatic carbocycles. The van der Waals surface area contributed by atoms with Gasteiger partial charge in [0.1, 0.15) is 24.4 Å². The van der Waals surface area contributed by atoms with Gasteiger partial charge in [-0.2, -0.15) is 0 Å². The molecule has 210 valence electrons. The van der Waals surface area contributed by atoms with E-state index in [2.05, 4.69) is 13.8 Å². The van der Waals surface area contributed by atoms with Crippen molar-refractivity contribution in [2.24, 2.45) is 0 Å². The summed E-state index contributed by atoms with van der Waals surface area (Å²) in [6.07, 6.45) is 13.9. The Kier molecular flexibility index (Phi) is 23.2. The van der Waals surface area contributed by atoms with Crippen LogP contribution in [0.2, 0.25) is 0 Å². The number of carbonyl (C=O) groups excluding carboxylic acids is 1. The zero-order valence-corrected chi connectivity index (χ0v) is 22.8. The summed E-state index contributed by atoms with van der Waals surface area (Å²) in [7, 11) is 0. The lowest BCUT2D eigenvalue weighted by atomic mass is 10.0. The van der Waals surface area contributed by atoms with Crippen LogP contribution in [-0.4, -0.2) is 80.5 Å². The number of amides is 1. The highest BCUT2D eigenvalue weighted by atomic mass is 16.4. The quantitative estimate of drug-likeness (QED) is 0.118. The first-order valence-corrected chi connectivity index (χ1v) is 14.5. The van der Waals surface area contributed by atoms with Gasteiger partial charge in [-0.05, 0) is 12.8 Å². The number of carbonyl (C=O) groups is 1. The second-order valence-corrected chi connectivity index (χ2v) is 10.2. The van der Waals surface area contributed by atoms with Crippen molar-refractivity contribution < 1.29 is 30.3 Å². The van der Waals surface area contributed by atoms with E-state index in [0.717, 1.165) is 38.5 Å². The van der Waals surface area contributed by atoms with Gasteiger partial charge in [-0.1, -0.05) is 110 Å². The maximum atomic E-state index is 12.9. The molecule has 0 radical (unpaired) electrons. The Bertz CT molecular complexity index is 478. The average Bonchev–Trinajstić information content (AvgIpc) is 2.86. The van der Waals surface area contributed by atoms with Gasteiger partial charge in [0.15, 0.2) is 0 Å². The average molecular weight is 504 g/mol. The monoisotopic (exact) mass is 503 g/mol. The molecular weight excluding hydrogens is 446 g/mol. The highest BCUT2D eigenvalue weighted by Crippen LogP contribution is 2.14. The molecule has 7 heteroatoms. The van der Waals surface area contributed by atoms with Crippen LogP contribution in [0.4, 0.5) is 0 Å². The Morgan fingerprint density at radius 1 is 0.600 bits per heavy atom. The molecular formula is C28H57NO6. The molecule has 0 rings (SSSR count). The van der Waals surface area contributed by atoms with Gasteiger partial charge in [-0.3, -0.25) is 4.79 Å². The molecule has 0 aromatic carbocycles. The van der Waals surface area contributed by atoms with Gasteiger partial charge in [-0.15, -0.1) is 0 Å². The maximum Gasteiger partial charge on any atom is 0.222 e. The van der Waals surface area contributed by atoms with E-state index < -0.39 is 31.0 Å². The number of rotatable bonds is 25. The molecule has 0 aliphatic rings. The third-order valence-electron chi connectivity index (χ3n) is 6.86. The van der Waals surface area contributed by atoms with Crippen molar-refractivity contribution in [1.29, 1.82) is 0 Å². The zero-order chi connectivity index (χ0) is 26.3. The van der Waals surface area contributed by atoms with Gasteiger partial charge >= 0.3 is 0 Å².